The van der Waals surface area contributed by atoms with Crippen LogP contribution in [0.4, 0.5) is 10.5 Å². The molecule has 0 aliphatic carbocycles. The molecule has 0 radical (unpaired) electrons. The minimum Gasteiger partial charge on any atom is -0.506 e. The summed E-state index contributed by atoms with van der Waals surface area (Å²) < 4.78 is 8.67. The van der Waals surface area contributed by atoms with Gasteiger partial charge in [0.05, 0.1) is 34.4 Å². The fraction of sp³-hybridized carbons (Fsp3) is 0.354. The van der Waals surface area contributed by atoms with Gasteiger partial charge in [-0.05, 0) is 103 Å². The maximum Gasteiger partial charge on any atom is 0.412 e. The number of hydrogen-bond acceptors (Lipinski definition) is 7. The Morgan fingerprint density at radius 2 is 1.75 bits per heavy atom. The average molecular weight is 841 g/mol. The molecule has 0 saturated carbocycles. The normalized spacial score (nSPS) is 18.6. The van der Waals surface area contributed by atoms with E-state index >= 15 is 0 Å². The summed E-state index contributed by atoms with van der Waals surface area (Å²) in [6, 6.07) is 28.4. The molecule has 6 aromatic rings. The lowest BCUT2D eigenvalue weighted by Crippen LogP contribution is -2.59. The Morgan fingerprint density at radius 3 is 2.46 bits per heavy atom. The highest BCUT2D eigenvalue weighted by Crippen LogP contribution is 2.42. The molecule has 9 rings (SSSR count). The van der Waals surface area contributed by atoms with Crippen LogP contribution in [0.3, 0.4) is 0 Å². The van der Waals surface area contributed by atoms with Crippen molar-refractivity contribution < 1.29 is 19.4 Å². The summed E-state index contributed by atoms with van der Waals surface area (Å²) >= 11 is 0. The lowest BCUT2D eigenvalue weighted by molar-refractivity contribution is 0.0838. The molecule has 3 fully saturated rings. The first kappa shape index (κ1) is 42.0. The van der Waals surface area contributed by atoms with Crippen LogP contribution in [0, 0.1) is 5.92 Å². The third-order valence-electron chi connectivity index (χ3n) is 13.1. The van der Waals surface area contributed by atoms with Crippen molar-refractivity contribution in [3.8, 4) is 16.9 Å². The van der Waals surface area contributed by atoms with Crippen LogP contribution >= 0.6 is 0 Å². The minimum absolute atomic E-state index is 0.00813. The van der Waals surface area contributed by atoms with Gasteiger partial charge in [-0.15, -0.1) is 0 Å². The van der Waals surface area contributed by atoms with Gasteiger partial charge < -0.3 is 34.8 Å². The molecule has 0 unspecified atom stereocenters. The minimum atomic E-state index is -2.25. The second-order valence-corrected chi connectivity index (χ2v) is 22.8. The number of anilines is 1. The van der Waals surface area contributed by atoms with Gasteiger partial charge in [-0.25, -0.2) is 9.59 Å². The zero-order valence-corrected chi connectivity index (χ0v) is 36.6. The summed E-state index contributed by atoms with van der Waals surface area (Å²) in [5, 5.41) is 25.5. The SMILES string of the molecule is CC(C)(C)[Si](C)(C)O[C@@H](CNCc1ccc2c(c1)[nH]c(=O)n2C/C=C/c1ccc(-c2ccccc2)c(N(C(=O)O)[C@H]2CN3CCC2CC3)c1)c1ccc(O)c2[nH]c(=O)ccc12. The monoisotopic (exact) mass is 840 g/mol. The summed E-state index contributed by atoms with van der Waals surface area (Å²) in [5.41, 5.74) is 6.62. The number of phenolic OH excluding ortho intramolecular Hbond substituents is 1. The van der Waals surface area contributed by atoms with E-state index in [1.165, 1.54) is 6.07 Å². The Morgan fingerprint density at radius 1 is 0.984 bits per heavy atom. The molecule has 3 aliphatic rings. The molecule has 3 saturated heterocycles. The van der Waals surface area contributed by atoms with Crippen molar-refractivity contribution in [2.45, 2.75) is 77.0 Å². The van der Waals surface area contributed by atoms with Crippen LogP contribution in [0.1, 0.15) is 56.4 Å². The molecule has 13 heteroatoms. The maximum absolute atomic E-state index is 13.3. The van der Waals surface area contributed by atoms with E-state index < -0.39 is 14.4 Å². The van der Waals surface area contributed by atoms with Gasteiger partial charge in [-0.1, -0.05) is 87.5 Å². The lowest BCUT2D eigenvalue weighted by Gasteiger charge is -2.48. The number of nitrogens with zero attached hydrogens (tertiary/aromatic N) is 3. The van der Waals surface area contributed by atoms with E-state index in [9.17, 15) is 24.6 Å². The number of fused-ring (bicyclic) bond motifs is 5. The number of piperidine rings is 3. The summed E-state index contributed by atoms with van der Waals surface area (Å²) in [4.78, 5) is 48.3. The number of rotatable bonds is 13. The van der Waals surface area contributed by atoms with Gasteiger partial charge in [0.15, 0.2) is 8.32 Å². The number of amides is 1. The number of aromatic nitrogens is 3. The van der Waals surface area contributed by atoms with Crippen molar-refractivity contribution in [2.24, 2.45) is 5.92 Å². The number of phenols is 1. The lowest BCUT2D eigenvalue weighted by atomic mass is 9.82. The number of benzene rings is 4. The second-order valence-electron chi connectivity index (χ2n) is 18.1. The Hall–Kier alpha value is -5.73. The molecule has 2 aromatic heterocycles. The van der Waals surface area contributed by atoms with E-state index in [4.69, 9.17) is 4.43 Å². The predicted molar refractivity (Wildman–Crippen MR) is 246 cm³/mol. The maximum atomic E-state index is 13.3. The van der Waals surface area contributed by atoms with Crippen LogP contribution in [0.15, 0.2) is 107 Å². The molecule has 2 atom stereocenters. The molecule has 3 aliphatic heterocycles. The number of carboxylic acid groups (broad SMARTS) is 1. The number of hydrogen-bond donors (Lipinski definition) is 5. The van der Waals surface area contributed by atoms with Crippen molar-refractivity contribution >= 4 is 48.1 Å². The van der Waals surface area contributed by atoms with E-state index in [0.717, 1.165) is 76.7 Å². The average Bonchev–Trinajstić information content (AvgIpc) is 3.54. The Labute approximate surface area is 356 Å². The van der Waals surface area contributed by atoms with Gasteiger partial charge in [-0.3, -0.25) is 14.3 Å². The van der Waals surface area contributed by atoms with Crippen LogP contribution < -0.4 is 21.5 Å². The molecule has 12 nitrogen and oxygen atoms in total. The summed E-state index contributed by atoms with van der Waals surface area (Å²) in [5.74, 6) is 0.334. The van der Waals surface area contributed by atoms with Crippen molar-refractivity contribution in [3.05, 3.63) is 135 Å². The van der Waals surface area contributed by atoms with Gasteiger partial charge in [0.2, 0.25) is 5.56 Å². The third-order valence-corrected chi connectivity index (χ3v) is 17.6. The van der Waals surface area contributed by atoms with Gasteiger partial charge in [0, 0.05) is 43.2 Å². The zero-order valence-electron chi connectivity index (χ0n) is 35.6. The highest BCUT2D eigenvalue weighted by Gasteiger charge is 2.41. The first-order valence-corrected chi connectivity index (χ1v) is 24.1. The molecule has 5 heterocycles. The zero-order chi connectivity index (χ0) is 43.1. The third kappa shape index (κ3) is 8.74. The van der Waals surface area contributed by atoms with E-state index in [-0.39, 0.29) is 34.2 Å². The van der Waals surface area contributed by atoms with E-state index in [2.05, 4.69) is 54.0 Å². The van der Waals surface area contributed by atoms with Gasteiger partial charge in [-0.2, -0.15) is 0 Å². The van der Waals surface area contributed by atoms with Gasteiger partial charge in [0.1, 0.15) is 5.75 Å². The highest BCUT2D eigenvalue weighted by atomic mass is 28.4. The van der Waals surface area contributed by atoms with E-state index in [1.807, 2.05) is 84.9 Å². The molecular formula is C48H56N6O6Si. The molecule has 318 valence electrons. The molecule has 5 N–H and O–H groups in total. The smallest absolute Gasteiger partial charge is 0.412 e. The molecule has 61 heavy (non-hydrogen) atoms. The number of H-pyrrole nitrogens is 2. The second kappa shape index (κ2) is 17.0. The standard InChI is InChI=1S/C48H56N6O6Si/c1-48(2,3)61(4,5)60-43(36-16-19-42(55)45-37(36)17-20-44(56)51-45)29-49-28-32-14-18-39-38(26-32)50-46(57)53(39)23-9-10-31-13-15-35(33-11-7-6-8-12-33)40(27-31)54(47(58)59)41-30-52-24-21-34(41)22-25-52/h6-20,26-27,34,41,43,49,55H,21-25,28-30H2,1-5H3,(H,50,57)(H,51,56)(H,58,59)/b10-9+/t41-,43-/m0/s1. The van der Waals surface area contributed by atoms with Crippen LogP contribution in [0.5, 0.6) is 5.75 Å². The van der Waals surface area contributed by atoms with Gasteiger partial charge >= 0.3 is 11.8 Å². The van der Waals surface area contributed by atoms with Gasteiger partial charge in [0.25, 0.3) is 0 Å². The Bertz CT molecular complexity index is 2710. The predicted octanol–water partition coefficient (Wildman–Crippen LogP) is 8.69. The number of allylic oxidation sites excluding steroid dienone is 1. The van der Waals surface area contributed by atoms with Crippen LogP contribution in [0.25, 0.3) is 39.1 Å². The van der Waals surface area contributed by atoms with Crippen LogP contribution in [-0.4, -0.2) is 76.3 Å². The van der Waals surface area contributed by atoms with Crippen molar-refractivity contribution in [1.29, 1.82) is 0 Å². The molecule has 2 bridgehead atoms. The quantitative estimate of drug-likeness (QED) is 0.0724. The summed E-state index contributed by atoms with van der Waals surface area (Å²) in [6.45, 7) is 15.1. The summed E-state index contributed by atoms with van der Waals surface area (Å²) in [7, 11) is -2.25. The molecule has 1 amide bonds. The molecular weight excluding hydrogens is 785 g/mol. The van der Waals surface area contributed by atoms with Crippen LogP contribution in [-0.2, 0) is 17.5 Å². The Kier molecular flexibility index (Phi) is 11.7. The number of aromatic hydroxyl groups is 1. The fourth-order valence-corrected chi connectivity index (χ4v) is 10.1. The van der Waals surface area contributed by atoms with Crippen molar-refractivity contribution in [2.75, 3.05) is 31.1 Å². The molecule has 0 spiro atoms. The number of imidazole rings is 1. The first-order chi connectivity index (χ1) is 29.2. The topological polar surface area (TPSA) is 156 Å². The number of carbonyl (C=O) groups is 1. The molecule has 4 aromatic carbocycles. The Balaban J connectivity index is 1.00. The largest absolute Gasteiger partial charge is 0.506 e. The fourth-order valence-electron chi connectivity index (χ4n) is 8.79. The highest BCUT2D eigenvalue weighted by molar-refractivity contribution is 6.74. The first-order valence-electron chi connectivity index (χ1n) is 21.2. The number of nitrogens with one attached hydrogen (secondary N) is 3. The van der Waals surface area contributed by atoms with E-state index in [1.54, 1.807) is 21.6 Å². The van der Waals surface area contributed by atoms with E-state index in [0.29, 0.717) is 36.8 Å². The summed E-state index contributed by atoms with van der Waals surface area (Å²) in [6.07, 6.45) is 4.60. The number of pyridine rings is 1. The van der Waals surface area contributed by atoms with Crippen LogP contribution in [0.2, 0.25) is 18.1 Å². The van der Waals surface area contributed by atoms with Crippen molar-refractivity contribution in [3.63, 3.8) is 0 Å². The van der Waals surface area contributed by atoms with Crippen molar-refractivity contribution in [1.82, 2.24) is 24.8 Å². The number of aromatic amines is 2.